The molecule has 1 heterocycles. The molecule has 2 rings (SSSR count). The predicted octanol–water partition coefficient (Wildman–Crippen LogP) is 3.92. The second-order valence-corrected chi connectivity index (χ2v) is 8.82. The molecule has 0 bridgehead atoms. The van der Waals surface area contributed by atoms with Crippen molar-refractivity contribution in [3.8, 4) is 0 Å². The molecule has 0 aromatic heterocycles. The molecular weight excluding hydrogens is 266 g/mol. The first kappa shape index (κ1) is 17.1. The number of piperidine rings is 1. The van der Waals surface area contributed by atoms with Crippen molar-refractivity contribution in [1.29, 1.82) is 0 Å². The maximum atomic E-state index is 4.41. The van der Waals surface area contributed by atoms with Gasteiger partial charge in [-0.15, -0.1) is 0 Å². The zero-order valence-electron chi connectivity index (χ0n) is 15.4. The Balaban J connectivity index is 2.60. The van der Waals surface area contributed by atoms with Crippen molar-refractivity contribution < 1.29 is 0 Å². The number of likely N-dealkylation sites (tertiary alicyclic amines) is 1. The summed E-state index contributed by atoms with van der Waals surface area (Å²) in [5, 5.41) is 2.56. The number of hydrogen-bond donors (Lipinski definition) is 0. The lowest BCUT2D eigenvalue weighted by Crippen LogP contribution is -2.34. The summed E-state index contributed by atoms with van der Waals surface area (Å²) >= 11 is 0. The van der Waals surface area contributed by atoms with Gasteiger partial charge in [0.25, 0.3) is 0 Å². The Bertz CT molecular complexity index is 578. The third kappa shape index (κ3) is 3.94. The van der Waals surface area contributed by atoms with Gasteiger partial charge in [-0.3, -0.25) is 0 Å². The van der Waals surface area contributed by atoms with E-state index in [0.29, 0.717) is 0 Å². The molecule has 22 heavy (non-hydrogen) atoms. The van der Waals surface area contributed by atoms with Crippen LogP contribution in [0.4, 0.5) is 0 Å². The van der Waals surface area contributed by atoms with Crippen LogP contribution in [-0.4, -0.2) is 18.0 Å². The fraction of sp³-hybridized carbons (Fsp3) is 0.619. The van der Waals surface area contributed by atoms with Gasteiger partial charge in [0, 0.05) is 19.3 Å². The summed E-state index contributed by atoms with van der Waals surface area (Å²) in [6, 6.07) is 4.71. The third-order valence-electron chi connectivity index (χ3n) is 4.61. The molecule has 1 saturated heterocycles. The molecule has 1 heteroatoms. The van der Waals surface area contributed by atoms with Crippen LogP contribution in [0.25, 0.3) is 12.8 Å². The quantitative estimate of drug-likeness (QED) is 0.760. The van der Waals surface area contributed by atoms with Crippen molar-refractivity contribution in [1.82, 2.24) is 4.90 Å². The maximum absolute atomic E-state index is 4.41. The van der Waals surface area contributed by atoms with Crippen LogP contribution in [0.15, 0.2) is 12.1 Å². The van der Waals surface area contributed by atoms with Gasteiger partial charge in [0.15, 0.2) is 0 Å². The lowest BCUT2D eigenvalue weighted by atomic mass is 9.78. The molecule has 122 valence electrons. The number of nitrogens with zero attached hydrogens (tertiary/aromatic N) is 1. The van der Waals surface area contributed by atoms with Crippen molar-refractivity contribution in [3.63, 3.8) is 0 Å². The highest BCUT2D eigenvalue weighted by Crippen LogP contribution is 2.23. The minimum absolute atomic E-state index is 0.128. The third-order valence-corrected chi connectivity index (χ3v) is 4.61. The zero-order chi connectivity index (χ0) is 16.5. The molecule has 0 amide bonds. The number of hydrogen-bond acceptors (Lipinski definition) is 1. The first-order valence-corrected chi connectivity index (χ1v) is 8.69. The van der Waals surface area contributed by atoms with Gasteiger partial charge in [-0.25, -0.2) is 0 Å². The predicted molar refractivity (Wildman–Crippen MR) is 98.5 cm³/mol. The summed E-state index contributed by atoms with van der Waals surface area (Å²) in [6.45, 7) is 20.5. The molecule has 0 atom stereocenters. The molecule has 1 aliphatic heterocycles. The topological polar surface area (TPSA) is 3.24 Å². The van der Waals surface area contributed by atoms with Gasteiger partial charge >= 0.3 is 0 Å². The van der Waals surface area contributed by atoms with E-state index in [2.05, 4.69) is 71.4 Å². The van der Waals surface area contributed by atoms with Gasteiger partial charge in [-0.05, 0) is 63.8 Å². The summed E-state index contributed by atoms with van der Waals surface area (Å²) in [7, 11) is 0. The van der Waals surface area contributed by atoms with Gasteiger partial charge in [-0.1, -0.05) is 48.1 Å². The van der Waals surface area contributed by atoms with E-state index >= 15 is 0 Å². The molecule has 1 aromatic rings. The SMILES string of the molecule is C=c1c(C(C)(C)C)cc(=CN2CCCCC2)cc1C(C)(C)C. The van der Waals surface area contributed by atoms with Crippen LogP contribution in [-0.2, 0) is 10.8 Å². The highest BCUT2D eigenvalue weighted by molar-refractivity contribution is 5.40. The average molecular weight is 300 g/mol. The zero-order valence-corrected chi connectivity index (χ0v) is 15.4. The standard InChI is InChI=1S/C21H33N/c1-16-18(20(2,3)4)13-17(14-19(16)21(5,6)7)15-22-11-9-8-10-12-22/h13-15H,1,8-12H2,2-7H3. The smallest absolute Gasteiger partial charge is 0.0172 e. The van der Waals surface area contributed by atoms with Crippen LogP contribution in [0.2, 0.25) is 0 Å². The Morgan fingerprint density at radius 2 is 1.32 bits per heavy atom. The lowest BCUT2D eigenvalue weighted by molar-refractivity contribution is 0.336. The van der Waals surface area contributed by atoms with Gasteiger partial charge < -0.3 is 4.90 Å². The molecule has 1 nitrogen and oxygen atoms in total. The molecular formula is C21H33N. The van der Waals surface area contributed by atoms with Crippen LogP contribution in [0.5, 0.6) is 0 Å². The number of benzene rings is 1. The molecule has 0 spiro atoms. The van der Waals surface area contributed by atoms with E-state index in [1.807, 2.05) is 0 Å². The Hall–Kier alpha value is -1.24. The van der Waals surface area contributed by atoms with Crippen LogP contribution < -0.4 is 10.4 Å². The molecule has 0 unspecified atom stereocenters. The summed E-state index contributed by atoms with van der Waals surface area (Å²) in [6.07, 6.45) is 6.38. The van der Waals surface area contributed by atoms with Gasteiger partial charge in [-0.2, -0.15) is 0 Å². The van der Waals surface area contributed by atoms with E-state index in [1.54, 1.807) is 0 Å². The van der Waals surface area contributed by atoms with Crippen molar-refractivity contribution in [2.75, 3.05) is 13.1 Å². The lowest BCUT2D eigenvalue weighted by Gasteiger charge is -2.28. The molecule has 0 saturated carbocycles. The van der Waals surface area contributed by atoms with E-state index in [9.17, 15) is 0 Å². The van der Waals surface area contributed by atoms with E-state index < -0.39 is 0 Å². The van der Waals surface area contributed by atoms with Crippen molar-refractivity contribution >= 4 is 12.8 Å². The van der Waals surface area contributed by atoms with Crippen molar-refractivity contribution in [2.24, 2.45) is 0 Å². The maximum Gasteiger partial charge on any atom is 0.0172 e. The fourth-order valence-corrected chi connectivity index (χ4v) is 3.37. The van der Waals surface area contributed by atoms with Crippen molar-refractivity contribution in [2.45, 2.75) is 71.6 Å². The molecule has 1 fully saturated rings. The Kier molecular flexibility index (Phi) is 4.75. The molecule has 0 radical (unpaired) electrons. The second-order valence-electron chi connectivity index (χ2n) is 8.82. The van der Waals surface area contributed by atoms with E-state index in [-0.39, 0.29) is 10.8 Å². The summed E-state index contributed by atoms with van der Waals surface area (Å²) in [4.78, 5) is 2.49. The molecule has 0 aliphatic carbocycles. The summed E-state index contributed by atoms with van der Waals surface area (Å²) in [5.74, 6) is 0. The first-order chi connectivity index (χ1) is 10.1. The highest BCUT2D eigenvalue weighted by atomic mass is 15.1. The van der Waals surface area contributed by atoms with E-state index in [1.165, 1.54) is 53.9 Å². The summed E-state index contributed by atoms with van der Waals surface area (Å²) < 4.78 is 0. The van der Waals surface area contributed by atoms with Gasteiger partial charge in [0.1, 0.15) is 0 Å². The molecule has 1 aliphatic rings. The largest absolute Gasteiger partial charge is 0.377 e. The Labute approximate surface area is 136 Å². The van der Waals surface area contributed by atoms with Crippen LogP contribution in [0.3, 0.4) is 0 Å². The van der Waals surface area contributed by atoms with E-state index in [4.69, 9.17) is 0 Å². The van der Waals surface area contributed by atoms with E-state index in [0.717, 1.165) is 0 Å². The highest BCUT2D eigenvalue weighted by Gasteiger charge is 2.21. The second kappa shape index (κ2) is 6.10. The van der Waals surface area contributed by atoms with Gasteiger partial charge in [0.05, 0.1) is 0 Å². The minimum Gasteiger partial charge on any atom is -0.377 e. The first-order valence-electron chi connectivity index (χ1n) is 8.69. The van der Waals surface area contributed by atoms with Crippen LogP contribution in [0.1, 0.15) is 71.9 Å². The summed E-state index contributed by atoms with van der Waals surface area (Å²) in [5.41, 5.74) is 3.01. The molecule has 1 aromatic carbocycles. The molecule has 0 N–H and O–H groups in total. The Morgan fingerprint density at radius 3 is 1.73 bits per heavy atom. The van der Waals surface area contributed by atoms with Crippen molar-refractivity contribution in [3.05, 3.63) is 33.7 Å². The average Bonchev–Trinajstić information content (AvgIpc) is 2.39. The minimum atomic E-state index is 0.128. The monoisotopic (exact) mass is 299 g/mol. The van der Waals surface area contributed by atoms with Crippen LogP contribution >= 0.6 is 0 Å². The number of rotatable bonds is 1. The van der Waals surface area contributed by atoms with Gasteiger partial charge in [0.2, 0.25) is 0 Å². The normalized spacial score (nSPS) is 16.7. The van der Waals surface area contributed by atoms with Crippen LogP contribution in [0, 0.1) is 0 Å². The Morgan fingerprint density at radius 1 is 0.864 bits per heavy atom. The fourth-order valence-electron chi connectivity index (χ4n) is 3.37.